The van der Waals surface area contributed by atoms with Crippen LogP contribution in [0.5, 0.6) is 0 Å². The van der Waals surface area contributed by atoms with Crippen molar-refractivity contribution in [3.63, 3.8) is 0 Å². The lowest BCUT2D eigenvalue weighted by atomic mass is 10.2. The number of benzene rings is 1. The molecule has 6 heteroatoms. The van der Waals surface area contributed by atoms with Gasteiger partial charge in [-0.1, -0.05) is 16.8 Å². The molecule has 1 heterocycles. The minimum Gasteiger partial charge on any atom is -0.339 e. The highest BCUT2D eigenvalue weighted by Crippen LogP contribution is 2.13. The van der Waals surface area contributed by atoms with Crippen LogP contribution >= 0.6 is 11.6 Å². The van der Waals surface area contributed by atoms with Gasteiger partial charge in [0.1, 0.15) is 5.82 Å². The van der Waals surface area contributed by atoms with Crippen molar-refractivity contribution < 1.29 is 8.91 Å². The molecule has 0 saturated carbocycles. The molecular weight excluding hydrogens is 257 g/mol. The smallest absolute Gasteiger partial charge is 0.227 e. The number of hydrogen-bond acceptors (Lipinski definition) is 4. The Morgan fingerprint density at radius 1 is 1.39 bits per heavy atom. The molecule has 0 saturated heterocycles. The second kappa shape index (κ2) is 5.93. The van der Waals surface area contributed by atoms with Gasteiger partial charge in [0.25, 0.3) is 0 Å². The summed E-state index contributed by atoms with van der Waals surface area (Å²) in [5.74, 6) is 0.894. The third-order valence-corrected chi connectivity index (χ3v) is 2.55. The van der Waals surface area contributed by atoms with E-state index in [1.54, 1.807) is 13.0 Å². The zero-order chi connectivity index (χ0) is 13.0. The maximum absolute atomic E-state index is 13.1. The van der Waals surface area contributed by atoms with Gasteiger partial charge in [0, 0.05) is 24.5 Å². The van der Waals surface area contributed by atoms with Crippen molar-refractivity contribution in [2.24, 2.45) is 0 Å². The molecule has 0 spiro atoms. The van der Waals surface area contributed by atoms with E-state index in [1.165, 1.54) is 12.1 Å². The second-order valence-electron chi connectivity index (χ2n) is 3.94. The van der Waals surface area contributed by atoms with Gasteiger partial charge in [-0.2, -0.15) is 4.98 Å². The van der Waals surface area contributed by atoms with Gasteiger partial charge in [0.2, 0.25) is 5.89 Å². The van der Waals surface area contributed by atoms with Crippen LogP contribution < -0.4 is 5.32 Å². The minimum absolute atomic E-state index is 0.327. The fraction of sp³-hybridized carbons (Fsp3) is 0.333. The average Bonchev–Trinajstić information content (AvgIpc) is 2.69. The Kier molecular flexibility index (Phi) is 4.28. The molecule has 0 radical (unpaired) electrons. The third-order valence-electron chi connectivity index (χ3n) is 2.34. The van der Waals surface area contributed by atoms with Crippen molar-refractivity contribution in [1.82, 2.24) is 15.5 Å². The molecule has 2 aromatic rings. The molecule has 96 valence electrons. The zero-order valence-corrected chi connectivity index (χ0v) is 10.7. The second-order valence-corrected chi connectivity index (χ2v) is 4.38. The lowest BCUT2D eigenvalue weighted by Crippen LogP contribution is -2.16. The van der Waals surface area contributed by atoms with Crippen molar-refractivity contribution in [2.45, 2.75) is 19.9 Å². The van der Waals surface area contributed by atoms with Gasteiger partial charge in [-0.15, -0.1) is 0 Å². The highest BCUT2D eigenvalue weighted by atomic mass is 35.5. The van der Waals surface area contributed by atoms with Gasteiger partial charge in [-0.3, -0.25) is 0 Å². The van der Waals surface area contributed by atoms with E-state index in [9.17, 15) is 4.39 Å². The van der Waals surface area contributed by atoms with Crippen molar-refractivity contribution in [3.05, 3.63) is 46.3 Å². The van der Waals surface area contributed by atoms with Crippen LogP contribution in [0.1, 0.15) is 17.3 Å². The highest BCUT2D eigenvalue weighted by molar-refractivity contribution is 6.30. The fourth-order valence-corrected chi connectivity index (χ4v) is 1.83. The maximum Gasteiger partial charge on any atom is 0.227 e. The molecule has 0 fully saturated rings. The van der Waals surface area contributed by atoms with E-state index < -0.39 is 0 Å². The molecule has 4 nitrogen and oxygen atoms in total. The lowest BCUT2D eigenvalue weighted by Gasteiger charge is -2.04. The number of rotatable bonds is 5. The van der Waals surface area contributed by atoms with Gasteiger partial charge in [-0.05, 0) is 30.7 Å². The van der Waals surface area contributed by atoms with E-state index in [1.807, 2.05) is 0 Å². The molecule has 0 aliphatic rings. The van der Waals surface area contributed by atoms with E-state index in [-0.39, 0.29) is 5.82 Å². The van der Waals surface area contributed by atoms with Crippen molar-refractivity contribution in [1.29, 1.82) is 0 Å². The van der Waals surface area contributed by atoms with Gasteiger partial charge in [0.05, 0.1) is 0 Å². The lowest BCUT2D eigenvalue weighted by molar-refractivity contribution is 0.372. The van der Waals surface area contributed by atoms with E-state index >= 15 is 0 Å². The Morgan fingerprint density at radius 2 is 2.22 bits per heavy atom. The van der Waals surface area contributed by atoms with E-state index in [2.05, 4.69) is 15.5 Å². The van der Waals surface area contributed by atoms with Crippen molar-refractivity contribution in [3.8, 4) is 0 Å². The Bertz CT molecular complexity index is 510. The summed E-state index contributed by atoms with van der Waals surface area (Å²) in [7, 11) is 0. The van der Waals surface area contributed by atoms with E-state index in [0.717, 1.165) is 5.56 Å². The first-order valence-corrected chi connectivity index (χ1v) is 5.96. The molecule has 18 heavy (non-hydrogen) atoms. The molecule has 0 unspecified atom stereocenters. The Balaban J connectivity index is 1.78. The van der Waals surface area contributed by atoms with Crippen LogP contribution in [0.15, 0.2) is 22.7 Å². The molecule has 0 aliphatic carbocycles. The van der Waals surface area contributed by atoms with Gasteiger partial charge >= 0.3 is 0 Å². The number of hydrogen-bond donors (Lipinski definition) is 1. The van der Waals surface area contributed by atoms with Crippen LogP contribution in [-0.2, 0) is 13.0 Å². The number of aryl methyl sites for hydroxylation is 1. The number of halogens is 2. The molecule has 0 amide bonds. The molecule has 0 aliphatic heterocycles. The molecular formula is C12H13ClFN3O. The monoisotopic (exact) mass is 269 g/mol. The first-order valence-electron chi connectivity index (χ1n) is 5.58. The standard InChI is InChI=1S/C12H13ClFN3O/c1-8-16-12(18-17-8)2-3-15-7-9-4-10(13)6-11(14)5-9/h4-6,15H,2-3,7H2,1H3. The summed E-state index contributed by atoms with van der Waals surface area (Å²) in [6.07, 6.45) is 0.643. The Labute approximate surface area is 109 Å². The van der Waals surface area contributed by atoms with Crippen molar-refractivity contribution in [2.75, 3.05) is 6.54 Å². The summed E-state index contributed by atoms with van der Waals surface area (Å²) in [4.78, 5) is 4.08. The normalized spacial score (nSPS) is 10.8. The number of nitrogens with zero attached hydrogens (tertiary/aromatic N) is 2. The third kappa shape index (κ3) is 3.78. The molecule has 0 atom stereocenters. The quantitative estimate of drug-likeness (QED) is 0.848. The predicted octanol–water partition coefficient (Wildman–Crippen LogP) is 2.50. The first kappa shape index (κ1) is 13.0. The molecule has 0 bridgehead atoms. The Hall–Kier alpha value is -1.46. The van der Waals surface area contributed by atoms with Gasteiger partial charge in [-0.25, -0.2) is 4.39 Å². The van der Waals surface area contributed by atoms with Crippen LogP contribution in [0, 0.1) is 12.7 Å². The van der Waals surface area contributed by atoms with Crippen LogP contribution in [0.4, 0.5) is 4.39 Å². The van der Waals surface area contributed by atoms with Crippen molar-refractivity contribution >= 4 is 11.6 Å². The number of aromatic nitrogens is 2. The SMILES string of the molecule is Cc1noc(CCNCc2cc(F)cc(Cl)c2)n1. The molecule has 1 aromatic carbocycles. The van der Waals surface area contributed by atoms with Gasteiger partial charge < -0.3 is 9.84 Å². The summed E-state index contributed by atoms with van der Waals surface area (Å²) in [5, 5.41) is 7.26. The summed E-state index contributed by atoms with van der Waals surface area (Å²) >= 11 is 5.76. The largest absolute Gasteiger partial charge is 0.339 e. The Morgan fingerprint density at radius 3 is 2.89 bits per heavy atom. The van der Waals surface area contributed by atoms with Gasteiger partial charge in [0.15, 0.2) is 5.82 Å². The van der Waals surface area contributed by atoms with Crippen LogP contribution in [0.2, 0.25) is 5.02 Å². The van der Waals surface area contributed by atoms with E-state index in [4.69, 9.17) is 16.1 Å². The predicted molar refractivity (Wildman–Crippen MR) is 65.9 cm³/mol. The summed E-state index contributed by atoms with van der Waals surface area (Å²) in [6.45, 7) is 3.00. The summed E-state index contributed by atoms with van der Waals surface area (Å²) in [5.41, 5.74) is 0.807. The summed E-state index contributed by atoms with van der Waals surface area (Å²) < 4.78 is 18.0. The molecule has 1 N–H and O–H groups in total. The van der Waals surface area contributed by atoms with Crippen LogP contribution in [-0.4, -0.2) is 16.7 Å². The zero-order valence-electron chi connectivity index (χ0n) is 9.91. The minimum atomic E-state index is -0.327. The molecule has 2 rings (SSSR count). The molecule has 1 aromatic heterocycles. The fourth-order valence-electron chi connectivity index (χ4n) is 1.58. The van der Waals surface area contributed by atoms with Crippen LogP contribution in [0.25, 0.3) is 0 Å². The summed E-state index contributed by atoms with van der Waals surface area (Å²) in [6, 6.07) is 4.47. The maximum atomic E-state index is 13.1. The number of nitrogens with one attached hydrogen (secondary N) is 1. The average molecular weight is 270 g/mol. The topological polar surface area (TPSA) is 51.0 Å². The highest BCUT2D eigenvalue weighted by Gasteiger charge is 2.02. The first-order chi connectivity index (χ1) is 8.63. The van der Waals surface area contributed by atoms with E-state index in [0.29, 0.717) is 36.2 Å². The van der Waals surface area contributed by atoms with Crippen LogP contribution in [0.3, 0.4) is 0 Å².